The van der Waals surface area contributed by atoms with Crippen molar-refractivity contribution in [2.24, 2.45) is 11.7 Å². The van der Waals surface area contributed by atoms with E-state index in [-0.39, 0.29) is 42.7 Å². The van der Waals surface area contributed by atoms with Gasteiger partial charge in [-0.2, -0.15) is 13.2 Å². The monoisotopic (exact) mass is 681 g/mol. The van der Waals surface area contributed by atoms with Crippen LogP contribution in [0.25, 0.3) is 0 Å². The molecule has 46 heavy (non-hydrogen) atoms. The molecule has 1 saturated heterocycles. The summed E-state index contributed by atoms with van der Waals surface area (Å²) in [5, 5.41) is 7.97. The number of rotatable bonds is 13. The molecule has 3 atom stereocenters. The first-order valence-corrected chi connectivity index (χ1v) is 16.2. The maximum atomic E-state index is 13.9. The highest BCUT2D eigenvalue weighted by atomic mass is 35.5. The lowest BCUT2D eigenvalue weighted by Crippen LogP contribution is -2.63. The molecule has 13 heteroatoms. The number of carbonyl (C=O) groups excluding carboxylic acids is 2. The number of amides is 2. The van der Waals surface area contributed by atoms with Crippen molar-refractivity contribution in [3.05, 3.63) is 81.5 Å². The van der Waals surface area contributed by atoms with Crippen molar-refractivity contribution in [2.45, 2.75) is 76.7 Å². The van der Waals surface area contributed by atoms with Gasteiger partial charge in [-0.05, 0) is 73.4 Å². The first-order chi connectivity index (χ1) is 21.8. The van der Waals surface area contributed by atoms with Gasteiger partial charge in [0.05, 0.1) is 11.6 Å². The molecule has 2 amide bonds. The summed E-state index contributed by atoms with van der Waals surface area (Å²) in [7, 11) is 0. The summed E-state index contributed by atoms with van der Waals surface area (Å²) in [5.74, 6) is 0.541. The second-order valence-electron chi connectivity index (χ2n) is 12.2. The molecule has 0 aliphatic carbocycles. The minimum Gasteiger partial charge on any atom is -0.367 e. The molecule has 2 aromatic carbocycles. The predicted octanol–water partition coefficient (Wildman–Crippen LogP) is 6.85. The Kier molecular flexibility index (Phi) is 12.4. The van der Waals surface area contributed by atoms with Crippen LogP contribution in [0.5, 0.6) is 0 Å². The minimum absolute atomic E-state index is 0.0967. The number of carbonyl (C=O) groups is 2. The number of alkyl halides is 3. The average Bonchev–Trinajstić information content (AvgIpc) is 3.52. The number of nitrogens with one attached hydrogen (secondary N) is 1. The van der Waals surface area contributed by atoms with Gasteiger partial charge in [-0.3, -0.25) is 9.59 Å². The highest BCUT2D eigenvalue weighted by Crippen LogP contribution is 2.30. The Morgan fingerprint density at radius 3 is 2.41 bits per heavy atom. The van der Waals surface area contributed by atoms with Crippen LogP contribution in [0.2, 0.25) is 10.0 Å². The van der Waals surface area contributed by atoms with Crippen molar-refractivity contribution in [3.8, 4) is 0 Å². The Labute approximate surface area is 277 Å². The zero-order valence-corrected chi connectivity index (χ0v) is 27.4. The molecule has 3 N–H and O–H groups in total. The van der Waals surface area contributed by atoms with Crippen LogP contribution in [0.3, 0.4) is 0 Å². The van der Waals surface area contributed by atoms with Crippen molar-refractivity contribution < 1.29 is 27.3 Å². The largest absolute Gasteiger partial charge is 0.416 e. The fraction of sp³-hybridized carbons (Fsp3) is 0.485. The van der Waals surface area contributed by atoms with E-state index < -0.39 is 17.8 Å². The van der Waals surface area contributed by atoms with Gasteiger partial charge in [0, 0.05) is 54.3 Å². The Morgan fingerprint density at radius 1 is 1.07 bits per heavy atom. The van der Waals surface area contributed by atoms with E-state index in [0.29, 0.717) is 66.7 Å². The van der Waals surface area contributed by atoms with Crippen LogP contribution in [0.4, 0.5) is 19.0 Å². The van der Waals surface area contributed by atoms with Gasteiger partial charge in [-0.15, -0.1) is 0 Å². The van der Waals surface area contributed by atoms with Crippen LogP contribution < -0.4 is 11.1 Å². The minimum atomic E-state index is -4.42. The van der Waals surface area contributed by atoms with Gasteiger partial charge in [0.2, 0.25) is 11.8 Å². The van der Waals surface area contributed by atoms with E-state index in [1.54, 1.807) is 24.3 Å². The summed E-state index contributed by atoms with van der Waals surface area (Å²) < 4.78 is 43.9. The van der Waals surface area contributed by atoms with E-state index in [1.165, 1.54) is 18.4 Å². The Balaban J connectivity index is 1.49. The first kappa shape index (κ1) is 35.6. The number of benzene rings is 2. The third-order valence-electron chi connectivity index (χ3n) is 8.18. The van der Waals surface area contributed by atoms with E-state index in [1.807, 2.05) is 9.80 Å². The Morgan fingerprint density at radius 2 is 1.78 bits per heavy atom. The molecule has 0 bridgehead atoms. The van der Waals surface area contributed by atoms with E-state index in [2.05, 4.69) is 24.3 Å². The van der Waals surface area contributed by atoms with Crippen molar-refractivity contribution in [1.29, 1.82) is 0 Å². The van der Waals surface area contributed by atoms with E-state index in [9.17, 15) is 22.8 Å². The number of hydrogen-bond acceptors (Lipinski definition) is 6. The molecule has 4 rings (SSSR count). The third-order valence-corrected chi connectivity index (χ3v) is 8.77. The lowest BCUT2D eigenvalue weighted by molar-refractivity contribution is -0.148. The molecule has 1 aromatic heterocycles. The maximum Gasteiger partial charge on any atom is 0.416 e. The fourth-order valence-corrected chi connectivity index (χ4v) is 6.34. The second-order valence-corrected chi connectivity index (χ2v) is 13.0. The molecule has 2 heterocycles. The van der Waals surface area contributed by atoms with E-state index in [4.69, 9.17) is 33.5 Å². The molecule has 0 spiro atoms. The fourth-order valence-electron chi connectivity index (χ4n) is 5.86. The smallest absolute Gasteiger partial charge is 0.367 e. The van der Waals surface area contributed by atoms with Gasteiger partial charge in [0.15, 0.2) is 5.82 Å². The van der Waals surface area contributed by atoms with Gasteiger partial charge in [0.1, 0.15) is 6.26 Å². The normalized spacial score (nSPS) is 17.8. The van der Waals surface area contributed by atoms with E-state index >= 15 is 0 Å². The average molecular weight is 683 g/mol. The molecule has 1 aliphatic heterocycles. The molecule has 0 radical (unpaired) electrons. The van der Waals surface area contributed by atoms with Gasteiger partial charge >= 0.3 is 6.18 Å². The Hall–Kier alpha value is -3.28. The van der Waals surface area contributed by atoms with Crippen molar-refractivity contribution in [2.75, 3.05) is 25.0 Å². The predicted molar refractivity (Wildman–Crippen MR) is 173 cm³/mol. The number of hydrogen-bond donors (Lipinski definition) is 2. The first-order valence-electron chi connectivity index (χ1n) is 15.4. The molecular weight excluding hydrogens is 642 g/mol. The number of halogens is 5. The van der Waals surface area contributed by atoms with Crippen LogP contribution >= 0.6 is 23.2 Å². The summed E-state index contributed by atoms with van der Waals surface area (Å²) in [6.07, 6.45) is -0.304. The number of nitrogens with zero attached hydrogens (tertiary/aromatic N) is 3. The number of aryl methyl sites for hydroxylation is 1. The second kappa shape index (κ2) is 16.0. The molecule has 8 nitrogen and oxygen atoms in total. The molecule has 0 saturated carbocycles. The highest BCUT2D eigenvalue weighted by molar-refractivity contribution is 6.35. The maximum absolute atomic E-state index is 13.9. The lowest BCUT2D eigenvalue weighted by atomic mass is 9.93. The van der Waals surface area contributed by atoms with Crippen LogP contribution in [0.15, 0.2) is 59.3 Å². The standard InChI is InChI=1S/C33H40Cl2F3N5O3/c1-21(2)16-27-20-43(32(45)29(39)17-23-8-11-25(34)18-28(23)35)26(4-3-14-40-30-13-15-46-41-30)19-42(27)31(44)12-7-22-5-9-24(10-6-22)33(36,37)38/h5-6,8-11,13,15,18,21,26-27,29H,3-4,7,12,14,16-17,19-20,39H2,1-2H3,(H,40,41)/t26-,27+,29+/m0/s1. The Bertz CT molecular complexity index is 1440. The summed E-state index contributed by atoms with van der Waals surface area (Å²) in [4.78, 5) is 31.3. The van der Waals surface area contributed by atoms with Crippen molar-refractivity contribution in [3.63, 3.8) is 0 Å². The van der Waals surface area contributed by atoms with Crippen LogP contribution in [-0.2, 0) is 28.6 Å². The molecule has 1 aliphatic rings. The van der Waals surface area contributed by atoms with Gasteiger partial charge in [-0.1, -0.05) is 60.4 Å². The van der Waals surface area contributed by atoms with Gasteiger partial charge in [-0.25, -0.2) is 0 Å². The van der Waals surface area contributed by atoms with Gasteiger partial charge in [0.25, 0.3) is 0 Å². The lowest BCUT2D eigenvalue weighted by Gasteiger charge is -2.48. The van der Waals surface area contributed by atoms with Crippen molar-refractivity contribution in [1.82, 2.24) is 15.0 Å². The molecule has 250 valence electrons. The zero-order chi connectivity index (χ0) is 33.4. The summed E-state index contributed by atoms with van der Waals surface area (Å²) >= 11 is 12.4. The number of aromatic nitrogens is 1. The van der Waals surface area contributed by atoms with Crippen molar-refractivity contribution >= 4 is 40.8 Å². The van der Waals surface area contributed by atoms with E-state index in [0.717, 1.165) is 17.7 Å². The summed E-state index contributed by atoms with van der Waals surface area (Å²) in [6, 6.07) is 10.3. The topological polar surface area (TPSA) is 105 Å². The summed E-state index contributed by atoms with van der Waals surface area (Å²) in [5.41, 5.74) is 7.14. The zero-order valence-electron chi connectivity index (χ0n) is 25.9. The number of anilines is 1. The number of piperazine rings is 1. The molecule has 3 aromatic rings. The van der Waals surface area contributed by atoms with Crippen LogP contribution in [0.1, 0.15) is 56.2 Å². The third kappa shape index (κ3) is 9.86. The molecular formula is C33H40Cl2F3N5O3. The summed E-state index contributed by atoms with van der Waals surface area (Å²) in [6.45, 7) is 5.36. The molecule has 1 fully saturated rings. The quantitative estimate of drug-likeness (QED) is 0.191. The highest BCUT2D eigenvalue weighted by Gasteiger charge is 2.39. The van der Waals surface area contributed by atoms with Gasteiger partial charge < -0.3 is 25.4 Å². The number of nitrogens with two attached hydrogens (primary N) is 1. The van der Waals surface area contributed by atoms with Crippen LogP contribution in [-0.4, -0.2) is 64.5 Å². The SMILES string of the molecule is CC(C)C[C@@H]1CN(C(=O)[C@H](N)Cc2ccc(Cl)cc2Cl)[C@@H](CCCNc2ccon2)CN1C(=O)CCc1ccc(C(F)(F)F)cc1. The van der Waals surface area contributed by atoms with Crippen LogP contribution in [0, 0.1) is 5.92 Å². The molecule has 0 unspecified atom stereocenters.